The molecule has 0 atom stereocenters. The highest BCUT2D eigenvalue weighted by molar-refractivity contribution is 9.10. The quantitative estimate of drug-likeness (QED) is 0.451. The number of hydrogen-bond acceptors (Lipinski definition) is 3. The van der Waals surface area contributed by atoms with Gasteiger partial charge in [0, 0.05) is 15.6 Å². The molecule has 0 amide bonds. The van der Waals surface area contributed by atoms with Crippen LogP contribution in [0.3, 0.4) is 0 Å². The number of carbonyl (C=O) groups excluding carboxylic acids is 1. The largest absolute Gasteiger partial charge is 0.292 e. The number of Topliss-reactive ketones (excluding diaryl/α,β-unsaturated/α-hetero) is 1. The van der Waals surface area contributed by atoms with Crippen LogP contribution >= 0.6 is 15.9 Å². The Morgan fingerprint density at radius 1 is 0.889 bits per heavy atom. The van der Waals surface area contributed by atoms with E-state index in [1.165, 1.54) is 4.57 Å². The fourth-order valence-electron chi connectivity index (χ4n) is 2.99. The van der Waals surface area contributed by atoms with Gasteiger partial charge in [-0.2, -0.15) is 0 Å². The third-order valence-electron chi connectivity index (χ3n) is 4.36. The van der Waals surface area contributed by atoms with Crippen molar-refractivity contribution in [1.82, 2.24) is 9.55 Å². The summed E-state index contributed by atoms with van der Waals surface area (Å²) < 4.78 is 2.36. The van der Waals surface area contributed by atoms with Gasteiger partial charge in [0.1, 0.15) is 5.82 Å². The highest BCUT2D eigenvalue weighted by atomic mass is 79.9. The Bertz CT molecular complexity index is 1180. The van der Waals surface area contributed by atoms with Crippen molar-refractivity contribution in [1.29, 1.82) is 0 Å². The Morgan fingerprint density at radius 3 is 2.30 bits per heavy atom. The number of aromatic nitrogens is 2. The lowest BCUT2D eigenvalue weighted by Gasteiger charge is -2.13. The maximum absolute atomic E-state index is 13.1. The number of halogens is 1. The average molecular weight is 419 g/mol. The number of rotatable bonds is 4. The van der Waals surface area contributed by atoms with Crippen LogP contribution in [0.25, 0.3) is 22.3 Å². The van der Waals surface area contributed by atoms with Crippen LogP contribution in [0.4, 0.5) is 0 Å². The molecular weight excluding hydrogens is 404 g/mol. The lowest BCUT2D eigenvalue weighted by Crippen LogP contribution is -2.27. The van der Waals surface area contributed by atoms with Gasteiger partial charge in [0.25, 0.3) is 5.56 Å². The predicted octanol–water partition coefficient (Wildman–Crippen LogP) is 4.71. The smallest absolute Gasteiger partial charge is 0.262 e. The van der Waals surface area contributed by atoms with Gasteiger partial charge >= 0.3 is 0 Å². The fraction of sp³-hybridized carbons (Fsp3) is 0.0455. The molecule has 4 aromatic rings. The SMILES string of the molecule is O=C(Cn1c(-c2ccccc2)nc2ccccc2c1=O)c1ccc(Br)cc1. The highest BCUT2D eigenvalue weighted by Gasteiger charge is 2.16. The van der Waals surface area contributed by atoms with Crippen LogP contribution in [0.2, 0.25) is 0 Å². The summed E-state index contributed by atoms with van der Waals surface area (Å²) in [5.74, 6) is 0.351. The Balaban J connectivity index is 1.87. The highest BCUT2D eigenvalue weighted by Crippen LogP contribution is 2.19. The van der Waals surface area contributed by atoms with Gasteiger partial charge in [0.05, 0.1) is 17.4 Å². The van der Waals surface area contributed by atoms with Crippen LogP contribution in [-0.4, -0.2) is 15.3 Å². The number of benzene rings is 3. The summed E-state index contributed by atoms with van der Waals surface area (Å²) in [7, 11) is 0. The monoisotopic (exact) mass is 418 g/mol. The van der Waals surface area contributed by atoms with E-state index in [0.717, 1.165) is 10.0 Å². The molecule has 0 bridgehead atoms. The maximum atomic E-state index is 13.1. The van der Waals surface area contributed by atoms with Crippen LogP contribution in [0.1, 0.15) is 10.4 Å². The minimum Gasteiger partial charge on any atom is -0.292 e. The zero-order chi connectivity index (χ0) is 18.8. The van der Waals surface area contributed by atoms with E-state index < -0.39 is 0 Å². The molecule has 0 saturated carbocycles. The molecule has 5 heteroatoms. The van der Waals surface area contributed by atoms with Crippen molar-refractivity contribution < 1.29 is 4.79 Å². The first-order chi connectivity index (χ1) is 13.1. The molecule has 0 aliphatic heterocycles. The fourth-order valence-corrected chi connectivity index (χ4v) is 3.26. The van der Waals surface area contributed by atoms with Crippen molar-refractivity contribution in [2.75, 3.05) is 0 Å². The first kappa shape index (κ1) is 17.4. The van der Waals surface area contributed by atoms with Crippen molar-refractivity contribution in [2.45, 2.75) is 6.54 Å². The molecule has 0 aliphatic rings. The lowest BCUT2D eigenvalue weighted by molar-refractivity contribution is 0.0971. The molecular formula is C22H15BrN2O2. The third-order valence-corrected chi connectivity index (χ3v) is 4.89. The van der Waals surface area contributed by atoms with E-state index in [2.05, 4.69) is 20.9 Å². The number of hydrogen-bond donors (Lipinski definition) is 0. The van der Waals surface area contributed by atoms with Gasteiger partial charge < -0.3 is 0 Å². The lowest BCUT2D eigenvalue weighted by atomic mass is 10.1. The molecule has 1 aromatic heterocycles. The number of para-hydroxylation sites is 1. The van der Waals surface area contributed by atoms with Crippen LogP contribution in [0, 0.1) is 0 Å². The molecule has 0 fully saturated rings. The number of carbonyl (C=O) groups is 1. The topological polar surface area (TPSA) is 52.0 Å². The number of nitrogens with zero attached hydrogens (tertiary/aromatic N) is 2. The number of ketones is 1. The second-order valence-electron chi connectivity index (χ2n) is 6.14. The van der Waals surface area contributed by atoms with E-state index in [-0.39, 0.29) is 17.9 Å². The molecule has 0 N–H and O–H groups in total. The van der Waals surface area contributed by atoms with Crippen molar-refractivity contribution in [3.63, 3.8) is 0 Å². The average Bonchev–Trinajstić information content (AvgIpc) is 2.71. The zero-order valence-electron chi connectivity index (χ0n) is 14.3. The predicted molar refractivity (Wildman–Crippen MR) is 110 cm³/mol. The minimum absolute atomic E-state index is 0.0669. The summed E-state index contributed by atoms with van der Waals surface area (Å²) in [5, 5.41) is 0.501. The molecule has 0 unspecified atom stereocenters. The zero-order valence-corrected chi connectivity index (χ0v) is 15.9. The molecule has 4 rings (SSSR count). The Hall–Kier alpha value is -3.05. The molecule has 27 heavy (non-hydrogen) atoms. The summed E-state index contributed by atoms with van der Waals surface area (Å²) >= 11 is 3.37. The summed E-state index contributed by atoms with van der Waals surface area (Å²) in [6.45, 7) is -0.0669. The first-order valence-electron chi connectivity index (χ1n) is 8.47. The van der Waals surface area contributed by atoms with E-state index in [1.807, 2.05) is 54.6 Å². The standard InChI is InChI=1S/C22H15BrN2O2/c23-17-12-10-15(11-13-17)20(26)14-25-21(16-6-2-1-3-7-16)24-19-9-5-4-8-18(19)22(25)27/h1-13H,14H2. The van der Waals surface area contributed by atoms with Crippen LogP contribution in [-0.2, 0) is 6.54 Å². The van der Waals surface area contributed by atoms with E-state index >= 15 is 0 Å². The summed E-state index contributed by atoms with van der Waals surface area (Å²) in [4.78, 5) is 30.6. The molecule has 132 valence electrons. The van der Waals surface area contributed by atoms with Crippen molar-refractivity contribution in [2.24, 2.45) is 0 Å². The normalized spacial score (nSPS) is 10.9. The summed E-state index contributed by atoms with van der Waals surface area (Å²) in [6, 6.07) is 23.8. The molecule has 0 radical (unpaired) electrons. The van der Waals surface area contributed by atoms with Crippen LogP contribution in [0.5, 0.6) is 0 Å². The van der Waals surface area contributed by atoms with Crippen molar-refractivity contribution in [3.05, 3.63) is 99.3 Å². The Kier molecular flexibility index (Phi) is 4.69. The molecule has 0 saturated heterocycles. The molecule has 0 aliphatic carbocycles. The van der Waals surface area contributed by atoms with Gasteiger partial charge in [-0.15, -0.1) is 0 Å². The second kappa shape index (κ2) is 7.29. The van der Waals surface area contributed by atoms with Gasteiger partial charge in [0.2, 0.25) is 0 Å². The van der Waals surface area contributed by atoms with Gasteiger partial charge in [-0.1, -0.05) is 70.5 Å². The van der Waals surface area contributed by atoms with Crippen molar-refractivity contribution in [3.8, 4) is 11.4 Å². The first-order valence-corrected chi connectivity index (χ1v) is 9.26. The van der Waals surface area contributed by atoms with Gasteiger partial charge in [-0.25, -0.2) is 4.98 Å². The molecule has 4 nitrogen and oxygen atoms in total. The minimum atomic E-state index is -0.218. The maximum Gasteiger partial charge on any atom is 0.262 e. The van der Waals surface area contributed by atoms with Crippen molar-refractivity contribution >= 4 is 32.6 Å². The van der Waals surface area contributed by atoms with Gasteiger partial charge in [0.15, 0.2) is 5.78 Å². The van der Waals surface area contributed by atoms with Crippen LogP contribution < -0.4 is 5.56 Å². The van der Waals surface area contributed by atoms with E-state index in [9.17, 15) is 9.59 Å². The summed E-state index contributed by atoms with van der Waals surface area (Å²) in [6.07, 6.45) is 0. The van der Waals surface area contributed by atoms with E-state index in [1.54, 1.807) is 24.3 Å². The molecule has 3 aromatic carbocycles. The Morgan fingerprint density at radius 2 is 1.56 bits per heavy atom. The summed E-state index contributed by atoms with van der Waals surface area (Å²) in [5.41, 5.74) is 1.75. The molecule has 1 heterocycles. The van der Waals surface area contributed by atoms with Crippen LogP contribution in [0.15, 0.2) is 88.1 Å². The third kappa shape index (κ3) is 3.46. The number of fused-ring (bicyclic) bond motifs is 1. The van der Waals surface area contributed by atoms with E-state index in [0.29, 0.717) is 22.3 Å². The van der Waals surface area contributed by atoms with Gasteiger partial charge in [-0.3, -0.25) is 14.2 Å². The Labute approximate surface area is 164 Å². The molecule has 0 spiro atoms. The second-order valence-corrected chi connectivity index (χ2v) is 7.06. The van der Waals surface area contributed by atoms with Gasteiger partial charge in [-0.05, 0) is 24.3 Å². The van der Waals surface area contributed by atoms with E-state index in [4.69, 9.17) is 0 Å².